The lowest BCUT2D eigenvalue weighted by atomic mass is 9.43. The number of carbonyl (C=O) groups is 3. The SMILES string of the molecule is CC(=O)O[C@@H]1CC[C@@]2(C)[C@@H](C1)C(=O)[C@@H](O)[C@@H]1[C@@H]2CC[C@]2(C)[C@@H]([C@H](C)CCC(=O)OCc3ccccc3)CC[C@@H]12. The zero-order valence-electron chi connectivity index (χ0n) is 24.1. The van der Waals surface area contributed by atoms with Crippen LogP contribution in [0.1, 0.15) is 91.0 Å². The van der Waals surface area contributed by atoms with Gasteiger partial charge in [-0.15, -0.1) is 0 Å². The number of Topliss-reactive ketones (excluding diaryl/α,β-unsaturated/α-hetero) is 1. The van der Waals surface area contributed by atoms with Crippen molar-refractivity contribution in [2.75, 3.05) is 0 Å². The number of fused-ring (bicyclic) bond motifs is 5. The molecule has 1 N–H and O–H groups in total. The molecule has 0 radical (unpaired) electrons. The highest BCUT2D eigenvalue weighted by molar-refractivity contribution is 5.87. The lowest BCUT2D eigenvalue weighted by Gasteiger charge is -2.61. The molecule has 4 saturated carbocycles. The van der Waals surface area contributed by atoms with Crippen LogP contribution in [-0.4, -0.2) is 35.0 Å². The van der Waals surface area contributed by atoms with Crippen LogP contribution in [0.5, 0.6) is 0 Å². The second kappa shape index (κ2) is 11.0. The van der Waals surface area contributed by atoms with Crippen LogP contribution in [0.4, 0.5) is 0 Å². The van der Waals surface area contributed by atoms with Gasteiger partial charge < -0.3 is 14.6 Å². The summed E-state index contributed by atoms with van der Waals surface area (Å²) in [5.74, 6) is 0.755. The minimum absolute atomic E-state index is 0.00388. The lowest BCUT2D eigenvalue weighted by molar-refractivity contribution is -0.188. The van der Waals surface area contributed by atoms with Crippen molar-refractivity contribution < 1.29 is 29.0 Å². The van der Waals surface area contributed by atoms with Gasteiger partial charge in [-0.3, -0.25) is 14.4 Å². The molecule has 4 aliphatic rings. The summed E-state index contributed by atoms with van der Waals surface area (Å²) in [6.45, 7) is 8.66. The molecule has 0 bridgehead atoms. The predicted octanol–water partition coefficient (Wildman–Crippen LogP) is 5.89. The average molecular weight is 539 g/mol. The first-order valence-electron chi connectivity index (χ1n) is 15.1. The number of esters is 2. The molecule has 0 heterocycles. The average Bonchev–Trinajstić information content (AvgIpc) is 3.27. The molecule has 4 fully saturated rings. The topological polar surface area (TPSA) is 89.9 Å². The second-order valence-corrected chi connectivity index (χ2v) is 13.6. The van der Waals surface area contributed by atoms with E-state index in [0.717, 1.165) is 50.5 Å². The van der Waals surface area contributed by atoms with Gasteiger partial charge in [-0.05, 0) is 97.3 Å². The van der Waals surface area contributed by atoms with Crippen LogP contribution in [0.3, 0.4) is 0 Å². The van der Waals surface area contributed by atoms with E-state index in [1.54, 1.807) is 0 Å². The van der Waals surface area contributed by atoms with E-state index in [1.807, 2.05) is 30.3 Å². The Balaban J connectivity index is 1.24. The van der Waals surface area contributed by atoms with Crippen molar-refractivity contribution in [2.24, 2.45) is 46.3 Å². The molecule has 10 atom stereocenters. The Morgan fingerprint density at radius 1 is 1.03 bits per heavy atom. The largest absolute Gasteiger partial charge is 0.463 e. The molecule has 0 aliphatic heterocycles. The van der Waals surface area contributed by atoms with Crippen molar-refractivity contribution >= 4 is 17.7 Å². The monoisotopic (exact) mass is 538 g/mol. The molecule has 1 aromatic rings. The third-order valence-corrected chi connectivity index (χ3v) is 11.6. The highest BCUT2D eigenvalue weighted by atomic mass is 16.5. The fraction of sp³-hybridized carbons (Fsp3) is 0.727. The zero-order chi connectivity index (χ0) is 27.9. The third kappa shape index (κ3) is 5.18. The minimum atomic E-state index is -0.934. The molecule has 6 heteroatoms. The number of aliphatic hydroxyl groups is 1. The maximum absolute atomic E-state index is 13.7. The number of ketones is 1. The Morgan fingerprint density at radius 3 is 2.44 bits per heavy atom. The molecule has 1 aromatic carbocycles. The normalized spacial score (nSPS) is 40.1. The fourth-order valence-corrected chi connectivity index (χ4v) is 9.66. The van der Waals surface area contributed by atoms with E-state index in [0.29, 0.717) is 43.1 Å². The number of benzene rings is 1. The van der Waals surface area contributed by atoms with Gasteiger partial charge in [0.2, 0.25) is 0 Å². The molecular formula is C33H46O6. The molecule has 4 aliphatic carbocycles. The summed E-state index contributed by atoms with van der Waals surface area (Å²) in [4.78, 5) is 37.7. The molecule has 39 heavy (non-hydrogen) atoms. The van der Waals surface area contributed by atoms with Crippen molar-refractivity contribution in [3.63, 3.8) is 0 Å². The van der Waals surface area contributed by atoms with Crippen LogP contribution in [0.25, 0.3) is 0 Å². The van der Waals surface area contributed by atoms with Gasteiger partial charge in [0.1, 0.15) is 18.8 Å². The van der Waals surface area contributed by atoms with Gasteiger partial charge in [0.15, 0.2) is 5.78 Å². The Morgan fingerprint density at radius 2 is 1.72 bits per heavy atom. The van der Waals surface area contributed by atoms with Gasteiger partial charge in [0.05, 0.1) is 0 Å². The van der Waals surface area contributed by atoms with E-state index in [9.17, 15) is 19.5 Å². The van der Waals surface area contributed by atoms with Gasteiger partial charge in [-0.2, -0.15) is 0 Å². The number of hydrogen-bond acceptors (Lipinski definition) is 6. The summed E-state index contributed by atoms with van der Waals surface area (Å²) in [6, 6.07) is 9.77. The smallest absolute Gasteiger partial charge is 0.306 e. The summed E-state index contributed by atoms with van der Waals surface area (Å²) < 4.78 is 11.0. The maximum Gasteiger partial charge on any atom is 0.306 e. The molecule has 0 aromatic heterocycles. The summed E-state index contributed by atoms with van der Waals surface area (Å²) in [6.07, 6.45) is 6.50. The Kier molecular flexibility index (Phi) is 7.98. The van der Waals surface area contributed by atoms with Gasteiger partial charge >= 0.3 is 11.9 Å². The first-order chi connectivity index (χ1) is 18.5. The molecule has 5 rings (SSSR count). The number of aliphatic hydroxyl groups excluding tert-OH is 1. The van der Waals surface area contributed by atoms with Crippen molar-refractivity contribution in [1.29, 1.82) is 0 Å². The Labute approximate surface area is 233 Å². The minimum Gasteiger partial charge on any atom is -0.463 e. The summed E-state index contributed by atoms with van der Waals surface area (Å²) in [5, 5.41) is 11.5. The van der Waals surface area contributed by atoms with Gasteiger partial charge in [-0.1, -0.05) is 51.1 Å². The van der Waals surface area contributed by atoms with Crippen LogP contribution in [-0.2, 0) is 30.5 Å². The standard InChI is InChI=1S/C33H46O6/c1-20(10-13-28(35)38-19-22-8-6-5-7-9-22)24-11-12-25-29-26(15-17-32(24,25)3)33(4)16-14-23(39-21(2)34)18-27(33)30(36)31(29)37/h5-9,20,23-27,29,31,37H,10-19H2,1-4H3/t20-,23-,24-,25+,26+,27+,29+,31+,32-,33-/m1/s1. The quantitative estimate of drug-likeness (QED) is 0.436. The van der Waals surface area contributed by atoms with E-state index >= 15 is 0 Å². The van der Waals surface area contributed by atoms with Gasteiger partial charge in [0.25, 0.3) is 0 Å². The molecular weight excluding hydrogens is 492 g/mol. The number of carbonyl (C=O) groups excluding carboxylic acids is 3. The molecule has 0 amide bonds. The highest BCUT2D eigenvalue weighted by Crippen LogP contribution is 2.68. The number of hydrogen-bond donors (Lipinski definition) is 1. The summed E-state index contributed by atoms with van der Waals surface area (Å²) in [5.41, 5.74) is 0.914. The van der Waals surface area contributed by atoms with Crippen molar-refractivity contribution in [2.45, 2.75) is 104 Å². The predicted molar refractivity (Wildman–Crippen MR) is 147 cm³/mol. The van der Waals surface area contributed by atoms with Crippen LogP contribution in [0, 0.1) is 46.3 Å². The van der Waals surface area contributed by atoms with Crippen LogP contribution >= 0.6 is 0 Å². The highest BCUT2D eigenvalue weighted by Gasteiger charge is 2.65. The molecule has 214 valence electrons. The molecule has 0 saturated heterocycles. The molecule has 6 nitrogen and oxygen atoms in total. The van der Waals surface area contributed by atoms with Crippen molar-refractivity contribution in [1.82, 2.24) is 0 Å². The van der Waals surface area contributed by atoms with Crippen molar-refractivity contribution in [3.8, 4) is 0 Å². The third-order valence-electron chi connectivity index (χ3n) is 11.6. The fourth-order valence-electron chi connectivity index (χ4n) is 9.66. The van der Waals surface area contributed by atoms with Crippen LogP contribution < -0.4 is 0 Å². The maximum atomic E-state index is 13.7. The first-order valence-corrected chi connectivity index (χ1v) is 15.1. The van der Waals surface area contributed by atoms with E-state index in [2.05, 4.69) is 20.8 Å². The summed E-state index contributed by atoms with van der Waals surface area (Å²) >= 11 is 0. The summed E-state index contributed by atoms with van der Waals surface area (Å²) in [7, 11) is 0. The van der Waals surface area contributed by atoms with E-state index in [-0.39, 0.29) is 46.5 Å². The lowest BCUT2D eigenvalue weighted by Crippen LogP contribution is -2.62. The Hall–Kier alpha value is -2.21. The van der Waals surface area contributed by atoms with Crippen molar-refractivity contribution in [3.05, 3.63) is 35.9 Å². The van der Waals surface area contributed by atoms with Crippen LogP contribution in [0.15, 0.2) is 30.3 Å². The number of ether oxygens (including phenoxy) is 2. The van der Waals surface area contributed by atoms with Crippen LogP contribution in [0.2, 0.25) is 0 Å². The Bertz CT molecular complexity index is 1070. The number of rotatable bonds is 7. The van der Waals surface area contributed by atoms with E-state index in [1.165, 1.54) is 6.92 Å². The first kappa shape index (κ1) is 28.3. The van der Waals surface area contributed by atoms with Gasteiger partial charge in [-0.25, -0.2) is 0 Å². The van der Waals surface area contributed by atoms with E-state index in [4.69, 9.17) is 9.47 Å². The molecule has 0 spiro atoms. The zero-order valence-corrected chi connectivity index (χ0v) is 24.1. The van der Waals surface area contributed by atoms with E-state index < -0.39 is 6.10 Å². The molecule has 0 unspecified atom stereocenters. The second-order valence-electron chi connectivity index (χ2n) is 13.6. The van der Waals surface area contributed by atoms with Gasteiger partial charge in [0, 0.05) is 19.3 Å².